The van der Waals surface area contributed by atoms with Gasteiger partial charge in [0.15, 0.2) is 10.9 Å². The lowest BCUT2D eigenvalue weighted by molar-refractivity contribution is 1.39. The third-order valence-corrected chi connectivity index (χ3v) is 3.64. The molecule has 2 heterocycles. The van der Waals surface area contributed by atoms with E-state index in [9.17, 15) is 9.59 Å². The zero-order valence-corrected chi connectivity index (χ0v) is 10.4. The molecule has 2 aromatic carbocycles. The van der Waals surface area contributed by atoms with E-state index >= 15 is 0 Å². The molecule has 4 nitrogen and oxygen atoms in total. The molecule has 4 rings (SSSR count). The number of hydrogen-bond acceptors (Lipinski definition) is 2. The van der Waals surface area contributed by atoms with Crippen LogP contribution in [0.15, 0.2) is 58.4 Å². The van der Waals surface area contributed by atoms with Crippen molar-refractivity contribution in [2.75, 3.05) is 0 Å². The first-order chi connectivity index (χ1) is 9.75. The van der Waals surface area contributed by atoms with Crippen molar-refractivity contribution in [3.8, 4) is 0 Å². The molecule has 0 aliphatic rings. The van der Waals surface area contributed by atoms with Gasteiger partial charge in [0.05, 0.1) is 11.0 Å². The second-order valence-corrected chi connectivity index (χ2v) is 4.76. The summed E-state index contributed by atoms with van der Waals surface area (Å²) in [4.78, 5) is 30.1. The van der Waals surface area contributed by atoms with Gasteiger partial charge in [-0.05, 0) is 17.5 Å². The lowest BCUT2D eigenvalue weighted by Crippen LogP contribution is -2.03. The van der Waals surface area contributed by atoms with Crippen molar-refractivity contribution in [2.45, 2.75) is 0 Å². The van der Waals surface area contributed by atoms with Gasteiger partial charge in [0.2, 0.25) is 0 Å². The summed E-state index contributed by atoms with van der Waals surface area (Å²) in [5, 5.41) is 3.10. The lowest BCUT2D eigenvalue weighted by atomic mass is 10.0. The second kappa shape index (κ2) is 3.81. The summed E-state index contributed by atoms with van der Waals surface area (Å²) in [5.74, 6) is 0. The SMILES string of the molecule is O=c1cc[nH]c2c1ccc1ccc3c(=O)cc[nH]c3c12. The van der Waals surface area contributed by atoms with Crippen LogP contribution in [0, 0.1) is 0 Å². The van der Waals surface area contributed by atoms with E-state index in [1.165, 1.54) is 12.1 Å². The summed E-state index contributed by atoms with van der Waals surface area (Å²) in [6, 6.07) is 10.4. The van der Waals surface area contributed by atoms with Crippen LogP contribution in [-0.2, 0) is 0 Å². The van der Waals surface area contributed by atoms with E-state index in [1.54, 1.807) is 12.4 Å². The van der Waals surface area contributed by atoms with Crippen LogP contribution in [0.2, 0.25) is 0 Å². The quantitative estimate of drug-likeness (QED) is 0.478. The maximum atomic E-state index is 11.9. The Kier molecular flexibility index (Phi) is 2.09. The van der Waals surface area contributed by atoms with Gasteiger partial charge in [-0.3, -0.25) is 9.59 Å². The smallest absolute Gasteiger partial charge is 0.189 e. The Bertz CT molecular complexity index is 1010. The van der Waals surface area contributed by atoms with Gasteiger partial charge in [0, 0.05) is 40.7 Å². The fourth-order valence-electron chi connectivity index (χ4n) is 2.71. The highest BCUT2D eigenvalue weighted by atomic mass is 16.1. The Morgan fingerprint density at radius 1 is 0.650 bits per heavy atom. The van der Waals surface area contributed by atoms with Crippen molar-refractivity contribution in [1.82, 2.24) is 9.97 Å². The van der Waals surface area contributed by atoms with Gasteiger partial charge < -0.3 is 9.97 Å². The number of fused-ring (bicyclic) bond motifs is 5. The Labute approximate surface area is 112 Å². The summed E-state index contributed by atoms with van der Waals surface area (Å²) in [6.45, 7) is 0. The number of aromatic amines is 2. The minimum Gasteiger partial charge on any atom is -0.360 e. The molecule has 2 N–H and O–H groups in total. The van der Waals surface area contributed by atoms with Gasteiger partial charge in [-0.25, -0.2) is 0 Å². The molecule has 0 saturated carbocycles. The molecule has 0 aliphatic carbocycles. The maximum Gasteiger partial charge on any atom is 0.189 e. The maximum absolute atomic E-state index is 11.9. The minimum atomic E-state index is -0.0315. The molecule has 96 valence electrons. The molecular formula is C16H10N2O2. The molecule has 0 atom stereocenters. The van der Waals surface area contributed by atoms with Crippen molar-refractivity contribution in [3.63, 3.8) is 0 Å². The number of pyridine rings is 2. The van der Waals surface area contributed by atoms with Crippen LogP contribution >= 0.6 is 0 Å². The summed E-state index contributed by atoms with van der Waals surface area (Å²) in [6.07, 6.45) is 3.26. The summed E-state index contributed by atoms with van der Waals surface area (Å²) < 4.78 is 0. The Morgan fingerprint density at radius 3 is 1.65 bits per heavy atom. The predicted octanol–water partition coefficient (Wildman–Crippen LogP) is 2.52. The third kappa shape index (κ3) is 1.36. The number of aromatic nitrogens is 2. The first-order valence-corrected chi connectivity index (χ1v) is 6.30. The summed E-state index contributed by atoms with van der Waals surface area (Å²) in [5.41, 5.74) is 1.44. The molecule has 20 heavy (non-hydrogen) atoms. The number of H-pyrrole nitrogens is 2. The van der Waals surface area contributed by atoms with Crippen molar-refractivity contribution in [3.05, 3.63) is 69.2 Å². The van der Waals surface area contributed by atoms with Crippen LogP contribution in [0.25, 0.3) is 32.6 Å². The van der Waals surface area contributed by atoms with Gasteiger partial charge in [-0.2, -0.15) is 0 Å². The molecule has 4 aromatic rings. The Hall–Kier alpha value is -2.88. The standard InChI is InChI=1S/C16H10N2O2/c19-12-5-7-17-15-10(12)3-1-9-2-4-11-13(20)6-8-18-16(11)14(9)15/h1-8H,(H,17,19)(H,18,20). The first kappa shape index (κ1) is 11.0. The van der Waals surface area contributed by atoms with Crippen LogP contribution in [-0.4, -0.2) is 9.97 Å². The predicted molar refractivity (Wildman–Crippen MR) is 80.2 cm³/mol. The number of hydrogen-bond donors (Lipinski definition) is 2. The van der Waals surface area contributed by atoms with E-state index in [0.717, 1.165) is 21.8 Å². The minimum absolute atomic E-state index is 0.0315. The van der Waals surface area contributed by atoms with E-state index < -0.39 is 0 Å². The van der Waals surface area contributed by atoms with E-state index in [0.29, 0.717) is 10.8 Å². The van der Waals surface area contributed by atoms with E-state index in [2.05, 4.69) is 9.97 Å². The molecule has 0 spiro atoms. The molecule has 0 amide bonds. The highest BCUT2D eigenvalue weighted by Gasteiger charge is 2.08. The average molecular weight is 262 g/mol. The molecule has 2 aromatic heterocycles. The Morgan fingerprint density at radius 2 is 1.15 bits per heavy atom. The van der Waals surface area contributed by atoms with Gasteiger partial charge in [-0.1, -0.05) is 12.1 Å². The van der Waals surface area contributed by atoms with E-state index in [-0.39, 0.29) is 10.9 Å². The zero-order valence-electron chi connectivity index (χ0n) is 10.4. The molecule has 4 heteroatoms. The fraction of sp³-hybridized carbons (Fsp3) is 0. The molecular weight excluding hydrogens is 252 g/mol. The lowest BCUT2D eigenvalue weighted by Gasteiger charge is -2.06. The van der Waals surface area contributed by atoms with E-state index in [4.69, 9.17) is 0 Å². The monoisotopic (exact) mass is 262 g/mol. The fourth-order valence-corrected chi connectivity index (χ4v) is 2.71. The van der Waals surface area contributed by atoms with Crippen molar-refractivity contribution in [1.29, 1.82) is 0 Å². The molecule has 0 radical (unpaired) electrons. The topological polar surface area (TPSA) is 65.7 Å². The van der Waals surface area contributed by atoms with E-state index in [1.807, 2.05) is 24.3 Å². The molecule has 0 bridgehead atoms. The van der Waals surface area contributed by atoms with Crippen LogP contribution < -0.4 is 10.9 Å². The normalized spacial score (nSPS) is 11.4. The van der Waals surface area contributed by atoms with Crippen LogP contribution in [0.5, 0.6) is 0 Å². The van der Waals surface area contributed by atoms with Gasteiger partial charge in [0.1, 0.15) is 0 Å². The van der Waals surface area contributed by atoms with Gasteiger partial charge in [-0.15, -0.1) is 0 Å². The first-order valence-electron chi connectivity index (χ1n) is 6.30. The molecule has 0 saturated heterocycles. The van der Waals surface area contributed by atoms with Gasteiger partial charge >= 0.3 is 0 Å². The number of benzene rings is 2. The largest absolute Gasteiger partial charge is 0.360 e. The number of rotatable bonds is 0. The molecule has 0 fully saturated rings. The average Bonchev–Trinajstić information content (AvgIpc) is 2.47. The number of nitrogens with one attached hydrogen (secondary N) is 2. The Balaban J connectivity index is 2.43. The highest BCUT2D eigenvalue weighted by molar-refractivity contribution is 6.17. The van der Waals surface area contributed by atoms with Crippen molar-refractivity contribution >= 4 is 32.6 Å². The summed E-state index contributed by atoms with van der Waals surface area (Å²) >= 11 is 0. The van der Waals surface area contributed by atoms with Crippen LogP contribution in [0.4, 0.5) is 0 Å². The van der Waals surface area contributed by atoms with Crippen LogP contribution in [0.3, 0.4) is 0 Å². The highest BCUT2D eigenvalue weighted by Crippen LogP contribution is 2.27. The van der Waals surface area contributed by atoms with Crippen molar-refractivity contribution in [2.24, 2.45) is 0 Å². The zero-order chi connectivity index (χ0) is 13.7. The van der Waals surface area contributed by atoms with Crippen molar-refractivity contribution < 1.29 is 0 Å². The van der Waals surface area contributed by atoms with Gasteiger partial charge in [0.25, 0.3) is 0 Å². The second-order valence-electron chi connectivity index (χ2n) is 4.76. The van der Waals surface area contributed by atoms with Crippen LogP contribution in [0.1, 0.15) is 0 Å². The molecule has 0 aliphatic heterocycles. The summed E-state index contributed by atoms with van der Waals surface area (Å²) in [7, 11) is 0. The molecule has 0 unspecified atom stereocenters. The third-order valence-electron chi connectivity index (χ3n) is 3.64.